The van der Waals surface area contributed by atoms with Crippen LogP contribution in [0.3, 0.4) is 0 Å². The largest absolute Gasteiger partial charge is 0.444 e. The van der Waals surface area contributed by atoms with Crippen LogP contribution >= 0.6 is 0 Å². The van der Waals surface area contributed by atoms with Crippen LogP contribution in [-0.2, 0) is 30.6 Å². The van der Waals surface area contributed by atoms with Crippen molar-refractivity contribution in [2.45, 2.75) is 66.2 Å². The molecule has 3 amide bonds. The second-order valence-corrected chi connectivity index (χ2v) is 9.39. The van der Waals surface area contributed by atoms with E-state index in [-0.39, 0.29) is 13.0 Å². The van der Waals surface area contributed by atoms with Gasteiger partial charge in [-0.3, -0.25) is 19.2 Å². The van der Waals surface area contributed by atoms with Gasteiger partial charge >= 0.3 is 6.09 Å². The number of ether oxygens (including phenoxy) is 1. The molecular weight excluding hydrogens is 388 g/mol. The van der Waals surface area contributed by atoms with E-state index in [9.17, 15) is 19.2 Å². The number of alkyl carbamates (subject to hydrolysis) is 1. The summed E-state index contributed by atoms with van der Waals surface area (Å²) in [6.45, 7) is 10.4. The third-order valence-electron chi connectivity index (χ3n) is 4.46. The Morgan fingerprint density at radius 2 is 1.70 bits per heavy atom. The van der Waals surface area contributed by atoms with Crippen LogP contribution in [0.15, 0.2) is 30.3 Å². The van der Waals surface area contributed by atoms with E-state index in [1.54, 1.807) is 53.7 Å². The third-order valence-corrected chi connectivity index (χ3v) is 4.46. The van der Waals surface area contributed by atoms with Gasteiger partial charge in [0.15, 0.2) is 5.78 Å². The SMILES string of the molecule is CC(C)(C)OC(=O)N[C@H](C(=O)[C@H]1CC(=O)N(OCc2ccccc2)C1=O)C(C)(C)C. The number of amides is 3. The smallest absolute Gasteiger partial charge is 0.408 e. The number of rotatable bonds is 6. The molecule has 0 unspecified atom stereocenters. The molecule has 8 heteroatoms. The summed E-state index contributed by atoms with van der Waals surface area (Å²) in [7, 11) is 0. The quantitative estimate of drug-likeness (QED) is 0.563. The van der Waals surface area contributed by atoms with Crippen LogP contribution in [0, 0.1) is 11.3 Å². The van der Waals surface area contributed by atoms with Gasteiger partial charge in [-0.25, -0.2) is 4.79 Å². The molecule has 1 N–H and O–H groups in total. The minimum atomic E-state index is -1.22. The number of nitrogens with one attached hydrogen (secondary N) is 1. The van der Waals surface area contributed by atoms with Crippen molar-refractivity contribution in [3.63, 3.8) is 0 Å². The van der Waals surface area contributed by atoms with Gasteiger partial charge in [0.25, 0.3) is 11.8 Å². The zero-order chi connectivity index (χ0) is 22.7. The molecule has 1 aromatic carbocycles. The number of hydrogen-bond acceptors (Lipinski definition) is 6. The van der Waals surface area contributed by atoms with E-state index in [0.29, 0.717) is 5.06 Å². The number of Topliss-reactive ketones (excluding diaryl/α,β-unsaturated/α-hetero) is 1. The second kappa shape index (κ2) is 8.95. The summed E-state index contributed by atoms with van der Waals surface area (Å²) in [4.78, 5) is 55.8. The maximum Gasteiger partial charge on any atom is 0.408 e. The fraction of sp³-hybridized carbons (Fsp3) is 0.545. The summed E-state index contributed by atoms with van der Waals surface area (Å²) in [5.41, 5.74) is -0.654. The highest BCUT2D eigenvalue weighted by Crippen LogP contribution is 2.29. The van der Waals surface area contributed by atoms with Crippen LogP contribution in [0.5, 0.6) is 0 Å². The Labute approximate surface area is 176 Å². The van der Waals surface area contributed by atoms with Gasteiger partial charge in [0, 0.05) is 6.42 Å². The van der Waals surface area contributed by atoms with E-state index < -0.39 is 46.7 Å². The molecule has 164 valence electrons. The molecule has 0 saturated carbocycles. The van der Waals surface area contributed by atoms with Crippen molar-refractivity contribution in [2.24, 2.45) is 11.3 Å². The first-order chi connectivity index (χ1) is 13.8. The van der Waals surface area contributed by atoms with Crippen molar-refractivity contribution in [2.75, 3.05) is 0 Å². The average Bonchev–Trinajstić information content (AvgIpc) is 2.90. The van der Waals surface area contributed by atoms with Crippen LogP contribution in [0.1, 0.15) is 53.5 Å². The number of ketones is 1. The standard InChI is InChI=1S/C22H30N2O6/c1-21(2,3)18(23-20(28)30-22(4,5)6)17(26)15-12-16(25)24(19(15)27)29-13-14-10-8-7-9-11-14/h7-11,15,18H,12-13H2,1-6H3,(H,23,28)/t15-,18-/m1/s1. The lowest BCUT2D eigenvalue weighted by Crippen LogP contribution is -2.53. The first-order valence-electron chi connectivity index (χ1n) is 9.86. The highest BCUT2D eigenvalue weighted by atomic mass is 16.7. The first kappa shape index (κ1) is 23.5. The van der Waals surface area contributed by atoms with E-state index in [2.05, 4.69) is 5.32 Å². The van der Waals surface area contributed by atoms with Gasteiger partial charge in [0.1, 0.15) is 18.1 Å². The van der Waals surface area contributed by atoms with E-state index >= 15 is 0 Å². The summed E-state index contributed by atoms with van der Waals surface area (Å²) >= 11 is 0. The number of carbonyl (C=O) groups is 4. The van der Waals surface area contributed by atoms with Gasteiger partial charge in [-0.2, -0.15) is 5.06 Å². The van der Waals surface area contributed by atoms with Gasteiger partial charge < -0.3 is 10.1 Å². The summed E-state index contributed by atoms with van der Waals surface area (Å²) in [6, 6.07) is 8.06. The summed E-state index contributed by atoms with van der Waals surface area (Å²) in [5.74, 6) is -3.06. The Bertz CT molecular complexity index is 807. The van der Waals surface area contributed by atoms with Gasteiger partial charge in [-0.15, -0.1) is 0 Å². The van der Waals surface area contributed by atoms with E-state index in [0.717, 1.165) is 5.56 Å². The van der Waals surface area contributed by atoms with E-state index in [1.165, 1.54) is 0 Å². The van der Waals surface area contributed by atoms with Crippen molar-refractivity contribution >= 4 is 23.7 Å². The molecule has 1 heterocycles. The van der Waals surface area contributed by atoms with Crippen LogP contribution in [-0.4, -0.2) is 40.4 Å². The molecule has 0 bridgehead atoms. The van der Waals surface area contributed by atoms with Crippen molar-refractivity contribution in [3.05, 3.63) is 35.9 Å². The second-order valence-electron chi connectivity index (χ2n) is 9.39. The van der Waals surface area contributed by atoms with Crippen LogP contribution in [0.4, 0.5) is 4.79 Å². The highest BCUT2D eigenvalue weighted by Gasteiger charge is 2.48. The maximum atomic E-state index is 13.1. The monoisotopic (exact) mass is 418 g/mol. The number of carbonyl (C=O) groups excluding carboxylic acids is 4. The molecule has 1 aromatic rings. The van der Waals surface area contributed by atoms with Crippen molar-refractivity contribution in [1.82, 2.24) is 10.4 Å². The molecule has 0 spiro atoms. The molecule has 1 fully saturated rings. The molecule has 1 saturated heterocycles. The Morgan fingerprint density at radius 1 is 1.10 bits per heavy atom. The van der Waals surface area contributed by atoms with Crippen molar-refractivity contribution < 1.29 is 28.8 Å². The first-order valence-corrected chi connectivity index (χ1v) is 9.86. The zero-order valence-corrected chi connectivity index (χ0v) is 18.4. The Kier molecular flexibility index (Phi) is 7.02. The Balaban J connectivity index is 2.11. The van der Waals surface area contributed by atoms with Gasteiger partial charge in [0.2, 0.25) is 0 Å². The number of benzene rings is 1. The topological polar surface area (TPSA) is 102 Å². The zero-order valence-electron chi connectivity index (χ0n) is 18.4. The van der Waals surface area contributed by atoms with Gasteiger partial charge in [0.05, 0.1) is 6.04 Å². The van der Waals surface area contributed by atoms with Crippen molar-refractivity contribution in [3.8, 4) is 0 Å². The van der Waals surface area contributed by atoms with Crippen LogP contribution in [0.25, 0.3) is 0 Å². The predicted molar refractivity (Wildman–Crippen MR) is 109 cm³/mol. The minimum Gasteiger partial charge on any atom is -0.444 e. The summed E-state index contributed by atoms with van der Waals surface area (Å²) in [6.07, 6.45) is -1.06. The van der Waals surface area contributed by atoms with E-state index in [1.807, 2.05) is 18.2 Å². The number of hydrogen-bond donors (Lipinski definition) is 1. The summed E-state index contributed by atoms with van der Waals surface area (Å²) < 4.78 is 5.24. The molecule has 0 radical (unpaired) electrons. The molecule has 2 rings (SSSR count). The lowest BCUT2D eigenvalue weighted by atomic mass is 9.80. The molecule has 1 aliphatic heterocycles. The number of nitrogens with zero attached hydrogens (tertiary/aromatic N) is 1. The maximum absolute atomic E-state index is 13.1. The van der Waals surface area contributed by atoms with E-state index in [4.69, 9.17) is 9.57 Å². The van der Waals surface area contributed by atoms with Gasteiger partial charge in [-0.1, -0.05) is 51.1 Å². The molecular formula is C22H30N2O6. The molecule has 1 aliphatic rings. The molecule has 30 heavy (non-hydrogen) atoms. The number of hydroxylamine groups is 2. The van der Waals surface area contributed by atoms with Gasteiger partial charge in [-0.05, 0) is 31.7 Å². The Hall–Kier alpha value is -2.74. The average molecular weight is 418 g/mol. The molecule has 0 aliphatic carbocycles. The van der Waals surface area contributed by atoms with Crippen molar-refractivity contribution in [1.29, 1.82) is 0 Å². The summed E-state index contributed by atoms with van der Waals surface area (Å²) in [5, 5.41) is 3.22. The molecule has 0 aromatic heterocycles. The highest BCUT2D eigenvalue weighted by molar-refractivity contribution is 6.15. The van der Waals surface area contributed by atoms with Crippen LogP contribution in [0.2, 0.25) is 0 Å². The third kappa shape index (κ3) is 6.13. The predicted octanol–water partition coefficient (Wildman–Crippen LogP) is 3.00. The Morgan fingerprint density at radius 3 is 2.23 bits per heavy atom. The fourth-order valence-electron chi connectivity index (χ4n) is 3.02. The lowest BCUT2D eigenvalue weighted by molar-refractivity contribution is -0.192. The molecule has 2 atom stereocenters. The molecule has 8 nitrogen and oxygen atoms in total. The number of imide groups is 1. The normalized spacial score (nSPS) is 18.3. The lowest BCUT2D eigenvalue weighted by Gasteiger charge is -2.32. The van der Waals surface area contributed by atoms with Crippen LogP contribution < -0.4 is 5.32 Å². The minimum absolute atomic E-state index is 0.0259. The fourth-order valence-corrected chi connectivity index (χ4v) is 3.02.